The molecule has 2 N–H and O–H groups in total. The van der Waals surface area contributed by atoms with Crippen LogP contribution in [0.2, 0.25) is 0 Å². The molecule has 1 aromatic heterocycles. The van der Waals surface area contributed by atoms with E-state index in [1.54, 1.807) is 0 Å². The van der Waals surface area contributed by atoms with Crippen molar-refractivity contribution in [3.8, 4) is 0 Å². The van der Waals surface area contributed by atoms with E-state index in [0.29, 0.717) is 17.7 Å². The van der Waals surface area contributed by atoms with Crippen LogP contribution >= 0.6 is 0 Å². The van der Waals surface area contributed by atoms with Crippen LogP contribution in [0.3, 0.4) is 0 Å². The van der Waals surface area contributed by atoms with Gasteiger partial charge in [0, 0.05) is 18.0 Å². The fourth-order valence-electron chi connectivity index (χ4n) is 2.25. The van der Waals surface area contributed by atoms with Gasteiger partial charge in [0.1, 0.15) is 0 Å². The molecule has 2 heterocycles. The van der Waals surface area contributed by atoms with Gasteiger partial charge in [-0.15, -0.1) is 10.2 Å². The predicted octanol–water partition coefficient (Wildman–Crippen LogP) is 1.54. The molecule has 102 valence electrons. The minimum atomic E-state index is -0.0788. The van der Waals surface area contributed by atoms with E-state index in [-0.39, 0.29) is 11.5 Å². The van der Waals surface area contributed by atoms with E-state index in [9.17, 15) is 0 Å². The molecule has 1 aromatic rings. The van der Waals surface area contributed by atoms with Gasteiger partial charge in [0.15, 0.2) is 0 Å². The molecule has 0 bridgehead atoms. The Morgan fingerprint density at radius 1 is 1.44 bits per heavy atom. The van der Waals surface area contributed by atoms with Crippen molar-refractivity contribution >= 4 is 0 Å². The molecule has 1 saturated heterocycles. The van der Waals surface area contributed by atoms with Crippen molar-refractivity contribution in [2.45, 2.75) is 52.1 Å². The van der Waals surface area contributed by atoms with Crippen molar-refractivity contribution in [1.82, 2.24) is 15.1 Å². The maximum absolute atomic E-state index is 5.94. The van der Waals surface area contributed by atoms with E-state index < -0.39 is 0 Å². The van der Waals surface area contributed by atoms with Gasteiger partial charge in [-0.25, -0.2) is 0 Å². The van der Waals surface area contributed by atoms with Crippen LogP contribution in [-0.2, 0) is 12.0 Å². The number of nitrogens with zero attached hydrogens (tertiary/aromatic N) is 3. The van der Waals surface area contributed by atoms with Crippen molar-refractivity contribution in [2.75, 3.05) is 13.1 Å². The third-order valence-electron chi connectivity index (χ3n) is 3.52. The number of hydrogen-bond acceptors (Lipinski definition) is 5. The van der Waals surface area contributed by atoms with Crippen molar-refractivity contribution in [3.63, 3.8) is 0 Å². The number of nitrogens with two attached hydrogens (primary N) is 1. The summed E-state index contributed by atoms with van der Waals surface area (Å²) in [5, 5.41) is 8.24. The van der Waals surface area contributed by atoms with Crippen LogP contribution in [0.4, 0.5) is 0 Å². The molecular formula is C13H24N4O. The Labute approximate surface area is 109 Å². The molecule has 2 atom stereocenters. The lowest BCUT2D eigenvalue weighted by molar-refractivity contribution is 0.264. The fourth-order valence-corrected chi connectivity index (χ4v) is 2.25. The molecule has 0 aromatic carbocycles. The first-order valence-corrected chi connectivity index (χ1v) is 6.67. The van der Waals surface area contributed by atoms with Gasteiger partial charge >= 0.3 is 0 Å². The Hall–Kier alpha value is -0.940. The first-order chi connectivity index (χ1) is 8.36. The normalized spacial score (nSPS) is 23.5. The van der Waals surface area contributed by atoms with Gasteiger partial charge in [-0.3, -0.25) is 4.90 Å². The molecule has 0 amide bonds. The van der Waals surface area contributed by atoms with Gasteiger partial charge in [0.2, 0.25) is 11.8 Å². The molecule has 1 aliphatic rings. The lowest BCUT2D eigenvalue weighted by Gasteiger charge is -2.16. The summed E-state index contributed by atoms with van der Waals surface area (Å²) in [6, 6.07) is 0.267. The monoisotopic (exact) mass is 252 g/mol. The average Bonchev–Trinajstić information content (AvgIpc) is 2.85. The maximum Gasteiger partial charge on any atom is 0.230 e. The maximum atomic E-state index is 5.94. The minimum absolute atomic E-state index is 0.0788. The van der Waals surface area contributed by atoms with Gasteiger partial charge in [0.25, 0.3) is 0 Å². The fraction of sp³-hybridized carbons (Fsp3) is 0.846. The lowest BCUT2D eigenvalue weighted by Crippen LogP contribution is -2.29. The molecule has 0 saturated carbocycles. The Morgan fingerprint density at radius 2 is 2.17 bits per heavy atom. The van der Waals surface area contributed by atoms with E-state index >= 15 is 0 Å². The van der Waals surface area contributed by atoms with Crippen LogP contribution in [0.5, 0.6) is 0 Å². The number of likely N-dealkylation sites (tertiary alicyclic amines) is 1. The SMILES string of the molecule is CC(N)C1CCN(Cc2nnc(C(C)(C)C)o2)C1. The summed E-state index contributed by atoms with van der Waals surface area (Å²) in [5.74, 6) is 2.01. The van der Waals surface area contributed by atoms with E-state index in [4.69, 9.17) is 10.2 Å². The quantitative estimate of drug-likeness (QED) is 0.883. The molecule has 2 unspecified atom stereocenters. The zero-order valence-electron chi connectivity index (χ0n) is 11.8. The van der Waals surface area contributed by atoms with Crippen LogP contribution in [0.15, 0.2) is 4.42 Å². The van der Waals surface area contributed by atoms with Crippen molar-refractivity contribution < 1.29 is 4.42 Å². The van der Waals surface area contributed by atoms with Gasteiger partial charge < -0.3 is 10.2 Å². The second-order valence-electron chi connectivity index (χ2n) is 6.39. The van der Waals surface area contributed by atoms with Crippen LogP contribution in [0.25, 0.3) is 0 Å². The highest BCUT2D eigenvalue weighted by atomic mass is 16.4. The molecule has 18 heavy (non-hydrogen) atoms. The second-order valence-corrected chi connectivity index (χ2v) is 6.39. The Bertz CT molecular complexity index is 394. The van der Waals surface area contributed by atoms with E-state index in [2.05, 4.69) is 42.8 Å². The summed E-state index contributed by atoms with van der Waals surface area (Å²) < 4.78 is 5.71. The third-order valence-corrected chi connectivity index (χ3v) is 3.52. The standard InChI is InChI=1S/C13H24N4O/c1-9(14)10-5-6-17(7-10)8-11-15-16-12(18-11)13(2,3)4/h9-10H,5-8,14H2,1-4H3. The number of hydrogen-bond donors (Lipinski definition) is 1. The average molecular weight is 252 g/mol. The molecule has 2 rings (SSSR count). The molecule has 0 aliphatic carbocycles. The zero-order chi connectivity index (χ0) is 13.3. The first kappa shape index (κ1) is 13.5. The molecule has 1 fully saturated rings. The van der Waals surface area contributed by atoms with E-state index in [1.807, 2.05) is 0 Å². The predicted molar refractivity (Wildman–Crippen MR) is 70.0 cm³/mol. The Kier molecular flexibility index (Phi) is 3.73. The van der Waals surface area contributed by atoms with Crippen LogP contribution in [-0.4, -0.2) is 34.2 Å². The smallest absolute Gasteiger partial charge is 0.230 e. The molecule has 5 heteroatoms. The number of rotatable bonds is 3. The first-order valence-electron chi connectivity index (χ1n) is 6.67. The summed E-state index contributed by atoms with van der Waals surface area (Å²) in [6.07, 6.45) is 1.16. The Balaban J connectivity index is 1.93. The van der Waals surface area contributed by atoms with Crippen molar-refractivity contribution in [3.05, 3.63) is 11.8 Å². The molecule has 1 aliphatic heterocycles. The highest BCUT2D eigenvalue weighted by Gasteiger charge is 2.27. The highest BCUT2D eigenvalue weighted by molar-refractivity contribution is 4.96. The van der Waals surface area contributed by atoms with Crippen LogP contribution in [0.1, 0.15) is 45.9 Å². The molecule has 0 radical (unpaired) electrons. The van der Waals surface area contributed by atoms with Crippen molar-refractivity contribution in [2.24, 2.45) is 11.7 Å². The van der Waals surface area contributed by atoms with E-state index in [0.717, 1.165) is 26.1 Å². The zero-order valence-corrected chi connectivity index (χ0v) is 11.8. The van der Waals surface area contributed by atoms with Crippen molar-refractivity contribution in [1.29, 1.82) is 0 Å². The topological polar surface area (TPSA) is 68.2 Å². The summed E-state index contributed by atoms with van der Waals surface area (Å²) in [4.78, 5) is 2.34. The summed E-state index contributed by atoms with van der Waals surface area (Å²) in [6.45, 7) is 11.2. The molecule has 0 spiro atoms. The van der Waals surface area contributed by atoms with Gasteiger partial charge in [-0.05, 0) is 25.8 Å². The summed E-state index contributed by atoms with van der Waals surface area (Å²) >= 11 is 0. The lowest BCUT2D eigenvalue weighted by atomic mass is 9.97. The second kappa shape index (κ2) is 4.97. The van der Waals surface area contributed by atoms with E-state index in [1.165, 1.54) is 0 Å². The Morgan fingerprint density at radius 3 is 2.67 bits per heavy atom. The van der Waals surface area contributed by atoms with Crippen LogP contribution < -0.4 is 5.73 Å². The van der Waals surface area contributed by atoms with Gasteiger partial charge in [0.05, 0.1) is 6.54 Å². The summed E-state index contributed by atoms with van der Waals surface area (Å²) in [5.41, 5.74) is 5.86. The van der Waals surface area contributed by atoms with Gasteiger partial charge in [-0.1, -0.05) is 20.8 Å². The third kappa shape index (κ3) is 3.09. The minimum Gasteiger partial charge on any atom is -0.423 e. The van der Waals surface area contributed by atoms with Gasteiger partial charge in [-0.2, -0.15) is 0 Å². The molecular weight excluding hydrogens is 228 g/mol. The van der Waals surface area contributed by atoms with Crippen LogP contribution in [0, 0.1) is 5.92 Å². The largest absolute Gasteiger partial charge is 0.423 e. The summed E-state index contributed by atoms with van der Waals surface area (Å²) in [7, 11) is 0. The number of aromatic nitrogens is 2. The highest BCUT2D eigenvalue weighted by Crippen LogP contribution is 2.23. The molecule has 5 nitrogen and oxygen atoms in total.